The van der Waals surface area contributed by atoms with Gasteiger partial charge in [0.1, 0.15) is 17.7 Å². The molecule has 0 aromatic heterocycles. The summed E-state index contributed by atoms with van der Waals surface area (Å²) in [6.07, 6.45) is 8.91. The number of nitrogens with one attached hydrogen (secondary N) is 1. The first-order valence-corrected chi connectivity index (χ1v) is 18.4. The Balaban J connectivity index is 1.63. The Morgan fingerprint density at radius 2 is 1.90 bits per heavy atom. The molecule has 2 N–H and O–H groups in total. The number of unbranched alkanes of at least 4 members (excludes halogenated alkanes) is 5. The van der Waals surface area contributed by atoms with Crippen molar-refractivity contribution in [1.29, 1.82) is 0 Å². The van der Waals surface area contributed by atoms with Crippen LogP contribution in [0.15, 0.2) is 55.6 Å². The number of hydrogen-bond acceptors (Lipinski definition) is 7. The van der Waals surface area contributed by atoms with E-state index in [-0.39, 0.29) is 42.1 Å². The van der Waals surface area contributed by atoms with Gasteiger partial charge in [0.2, 0.25) is 17.7 Å². The van der Waals surface area contributed by atoms with Gasteiger partial charge >= 0.3 is 5.97 Å². The summed E-state index contributed by atoms with van der Waals surface area (Å²) < 4.78 is 12.9. The van der Waals surface area contributed by atoms with Gasteiger partial charge < -0.3 is 29.7 Å². The molecule has 11 heteroatoms. The molecule has 264 valence electrons. The van der Waals surface area contributed by atoms with E-state index in [9.17, 15) is 24.3 Å². The molecular formula is C37H52BrN3O7. The summed E-state index contributed by atoms with van der Waals surface area (Å²) in [5, 5.41) is 12.1. The molecule has 3 amide bonds. The topological polar surface area (TPSA) is 125 Å². The number of likely N-dealkylation sites (tertiary alicyclic amines) is 1. The van der Waals surface area contributed by atoms with Gasteiger partial charge in [-0.25, -0.2) is 0 Å². The van der Waals surface area contributed by atoms with Gasteiger partial charge in [0, 0.05) is 37.5 Å². The monoisotopic (exact) mass is 729 g/mol. The van der Waals surface area contributed by atoms with Gasteiger partial charge in [-0.1, -0.05) is 91.0 Å². The van der Waals surface area contributed by atoms with Crippen molar-refractivity contribution >= 4 is 39.6 Å². The van der Waals surface area contributed by atoms with E-state index in [1.165, 1.54) is 0 Å². The number of nitrogens with zero attached hydrogens (tertiary/aromatic N) is 2. The lowest BCUT2D eigenvalue weighted by Crippen LogP contribution is -2.57. The fraction of sp³-hybridized carbons (Fsp3) is 0.622. The van der Waals surface area contributed by atoms with Crippen molar-refractivity contribution in [3.05, 3.63) is 61.2 Å². The van der Waals surface area contributed by atoms with Crippen LogP contribution < -0.4 is 5.32 Å². The molecular weight excluding hydrogens is 678 g/mol. The zero-order valence-corrected chi connectivity index (χ0v) is 29.8. The highest BCUT2D eigenvalue weighted by molar-refractivity contribution is 9.09. The third kappa shape index (κ3) is 8.40. The van der Waals surface area contributed by atoms with Crippen molar-refractivity contribution in [3.63, 3.8) is 0 Å². The molecule has 3 fully saturated rings. The maximum Gasteiger partial charge on any atom is 0.313 e. The molecule has 0 saturated carbocycles. The second-order valence-corrected chi connectivity index (χ2v) is 14.3. The SMILES string of the molecule is C=CCCC(=O)NC[C@@H](OC(=O)[C@H]1[C@@H]2O[C@@]3(CC2Br)[C@@H]1C(=O)N(CCCCCCO)[C@@H]3C(=O)N(CC=C)CCCCC)c1ccccc1. The lowest BCUT2D eigenvalue weighted by Gasteiger charge is -2.37. The van der Waals surface area contributed by atoms with Crippen LogP contribution in [0.4, 0.5) is 0 Å². The molecule has 1 aromatic rings. The number of esters is 1. The molecule has 0 aliphatic carbocycles. The van der Waals surface area contributed by atoms with Crippen molar-refractivity contribution in [2.75, 3.05) is 32.8 Å². The van der Waals surface area contributed by atoms with Crippen LogP contribution in [0.1, 0.15) is 82.8 Å². The second-order valence-electron chi connectivity index (χ2n) is 13.1. The average Bonchev–Trinajstić information content (AvgIpc) is 3.68. The van der Waals surface area contributed by atoms with Gasteiger partial charge in [-0.05, 0) is 37.7 Å². The van der Waals surface area contributed by atoms with Gasteiger partial charge in [0.05, 0.1) is 24.5 Å². The highest BCUT2D eigenvalue weighted by Crippen LogP contribution is 2.60. The number of halogens is 1. The van der Waals surface area contributed by atoms with Gasteiger partial charge in [-0.3, -0.25) is 19.2 Å². The predicted molar refractivity (Wildman–Crippen MR) is 187 cm³/mol. The van der Waals surface area contributed by atoms with Crippen LogP contribution in [-0.2, 0) is 28.7 Å². The minimum atomic E-state index is -1.19. The first kappa shape index (κ1) is 37.8. The molecule has 10 nitrogen and oxygen atoms in total. The Morgan fingerprint density at radius 3 is 2.58 bits per heavy atom. The first-order chi connectivity index (χ1) is 23.2. The van der Waals surface area contributed by atoms with Crippen molar-refractivity contribution in [1.82, 2.24) is 15.1 Å². The third-order valence-electron chi connectivity index (χ3n) is 9.79. The Morgan fingerprint density at radius 1 is 1.15 bits per heavy atom. The largest absolute Gasteiger partial charge is 0.455 e. The molecule has 3 aliphatic rings. The first-order valence-electron chi connectivity index (χ1n) is 17.5. The summed E-state index contributed by atoms with van der Waals surface area (Å²) in [4.78, 5) is 58.8. The number of hydrogen-bond donors (Lipinski definition) is 2. The molecule has 48 heavy (non-hydrogen) atoms. The van der Waals surface area contributed by atoms with Crippen molar-refractivity contribution in [2.24, 2.45) is 11.8 Å². The predicted octanol–water partition coefficient (Wildman–Crippen LogP) is 4.86. The molecule has 3 saturated heterocycles. The Kier molecular flexibility index (Phi) is 14.3. The quantitative estimate of drug-likeness (QED) is 0.0802. The molecule has 4 rings (SSSR count). The number of ether oxygens (including phenoxy) is 2. The number of amides is 3. The van der Waals surface area contributed by atoms with Crippen LogP contribution in [0, 0.1) is 11.8 Å². The third-order valence-corrected chi connectivity index (χ3v) is 10.6. The number of fused-ring (bicyclic) bond motifs is 1. The normalized spacial score (nSPS) is 26.2. The summed E-state index contributed by atoms with van der Waals surface area (Å²) in [7, 11) is 0. The van der Waals surface area contributed by atoms with E-state index in [0.717, 1.165) is 32.1 Å². The van der Waals surface area contributed by atoms with E-state index in [0.29, 0.717) is 50.9 Å². The number of carbonyl (C=O) groups is 4. The van der Waals surface area contributed by atoms with E-state index in [1.807, 2.05) is 30.3 Å². The van der Waals surface area contributed by atoms with E-state index in [2.05, 4.69) is 41.3 Å². The highest BCUT2D eigenvalue weighted by atomic mass is 79.9. The molecule has 1 aromatic carbocycles. The van der Waals surface area contributed by atoms with E-state index in [1.54, 1.807) is 22.0 Å². The smallest absolute Gasteiger partial charge is 0.313 e. The number of aliphatic hydroxyl groups excluding tert-OH is 1. The number of allylic oxidation sites excluding steroid dienone is 1. The van der Waals surface area contributed by atoms with Crippen molar-refractivity contribution in [2.45, 2.75) is 99.8 Å². The standard InChI is InChI=1S/C37H52BrN3O7/c1-4-7-14-21-40(20-6-3)35(45)33-37-24-27(38)32(48-37)30(31(37)34(44)41(33)22-15-9-10-16-23-42)36(46)47-28(26-17-12-11-13-18-26)25-39-29(43)19-8-5-2/h5-6,11-13,17-18,27-28,30-33,42H,2-4,7-10,14-16,19-25H2,1H3,(H,39,43)/t27?,28-,30-,31+,32-,33-,37+/m1/s1. The Hall–Kier alpha value is -3.02. The van der Waals surface area contributed by atoms with Crippen LogP contribution in [0.2, 0.25) is 0 Å². The molecule has 3 heterocycles. The van der Waals surface area contributed by atoms with Crippen LogP contribution >= 0.6 is 15.9 Å². The average molecular weight is 731 g/mol. The molecule has 2 bridgehead atoms. The maximum atomic E-state index is 14.5. The van der Waals surface area contributed by atoms with Crippen LogP contribution in [-0.4, -0.2) is 94.0 Å². The lowest BCUT2D eigenvalue weighted by molar-refractivity contribution is -0.160. The fourth-order valence-corrected chi connectivity index (χ4v) is 8.42. The van der Waals surface area contributed by atoms with Crippen molar-refractivity contribution in [3.8, 4) is 0 Å². The number of carbonyl (C=O) groups excluding carboxylic acids is 4. The molecule has 1 spiro atoms. The van der Waals surface area contributed by atoms with Crippen LogP contribution in [0.5, 0.6) is 0 Å². The molecule has 3 aliphatic heterocycles. The van der Waals surface area contributed by atoms with E-state index < -0.39 is 41.7 Å². The minimum Gasteiger partial charge on any atom is -0.455 e. The number of rotatable bonds is 21. The van der Waals surface area contributed by atoms with Gasteiger partial charge in [0.25, 0.3) is 0 Å². The van der Waals surface area contributed by atoms with Gasteiger partial charge in [-0.15, -0.1) is 13.2 Å². The Bertz CT molecular complexity index is 1280. The lowest BCUT2D eigenvalue weighted by atomic mass is 9.70. The van der Waals surface area contributed by atoms with Crippen LogP contribution in [0.25, 0.3) is 0 Å². The fourth-order valence-electron chi connectivity index (χ4n) is 7.48. The second kappa shape index (κ2) is 18.1. The summed E-state index contributed by atoms with van der Waals surface area (Å²) in [5.41, 5.74) is -0.473. The minimum absolute atomic E-state index is 0.0703. The highest BCUT2D eigenvalue weighted by Gasteiger charge is 2.77. The summed E-state index contributed by atoms with van der Waals surface area (Å²) in [5.74, 6) is -3.02. The number of alkyl halides is 1. The molecule has 1 unspecified atom stereocenters. The number of benzene rings is 1. The summed E-state index contributed by atoms with van der Waals surface area (Å²) in [6.45, 7) is 11.1. The summed E-state index contributed by atoms with van der Waals surface area (Å²) >= 11 is 3.74. The van der Waals surface area contributed by atoms with Gasteiger partial charge in [0.15, 0.2) is 0 Å². The zero-order chi connectivity index (χ0) is 34.7. The number of aliphatic hydroxyl groups is 1. The zero-order valence-electron chi connectivity index (χ0n) is 28.2. The van der Waals surface area contributed by atoms with Gasteiger partial charge in [-0.2, -0.15) is 0 Å². The van der Waals surface area contributed by atoms with Crippen molar-refractivity contribution < 1.29 is 33.8 Å². The summed E-state index contributed by atoms with van der Waals surface area (Å²) in [6, 6.07) is 8.32. The molecule has 7 atom stereocenters. The maximum absolute atomic E-state index is 14.5. The van der Waals surface area contributed by atoms with E-state index >= 15 is 0 Å². The molecule has 0 radical (unpaired) electrons. The van der Waals surface area contributed by atoms with Crippen LogP contribution in [0.3, 0.4) is 0 Å². The van der Waals surface area contributed by atoms with E-state index in [4.69, 9.17) is 9.47 Å². The Labute approximate surface area is 293 Å².